The molecule has 0 unspecified atom stereocenters. The smallest absolute Gasteiger partial charge is 0.430 e. The lowest BCUT2D eigenvalue weighted by molar-refractivity contribution is -0.400. The minimum atomic E-state index is -5.78. The standard InChI is InChI=1S/C19H18F6INO3/c1-3-4-12-9-13(5-7-15(12)30-16-8-6-14(26)10-27-16)17(18(20,21)22,19(23,24)25)29-11-28-2/h5-10H,3-4,11H2,1-2H3. The van der Waals surface area contributed by atoms with E-state index in [-0.39, 0.29) is 23.6 Å². The second kappa shape index (κ2) is 9.69. The number of rotatable bonds is 8. The molecule has 0 spiro atoms. The number of alkyl halides is 6. The van der Waals surface area contributed by atoms with Gasteiger partial charge in [-0.2, -0.15) is 26.3 Å². The number of hydrogen-bond acceptors (Lipinski definition) is 4. The lowest BCUT2D eigenvalue weighted by atomic mass is 9.89. The van der Waals surface area contributed by atoms with Crippen molar-refractivity contribution >= 4 is 22.6 Å². The third kappa shape index (κ3) is 5.17. The first-order valence-corrected chi connectivity index (χ1v) is 9.73. The minimum absolute atomic E-state index is 0.110. The van der Waals surface area contributed by atoms with Gasteiger partial charge in [0.1, 0.15) is 12.5 Å². The molecule has 0 aliphatic heterocycles. The second-order valence-electron chi connectivity index (χ2n) is 6.22. The van der Waals surface area contributed by atoms with E-state index in [4.69, 9.17) is 4.74 Å². The van der Waals surface area contributed by atoms with Gasteiger partial charge in [-0.05, 0) is 52.8 Å². The lowest BCUT2D eigenvalue weighted by Gasteiger charge is -2.37. The number of ether oxygens (including phenoxy) is 3. The Labute approximate surface area is 182 Å². The van der Waals surface area contributed by atoms with Crippen LogP contribution in [0, 0.1) is 3.57 Å². The molecule has 0 bridgehead atoms. The van der Waals surface area contributed by atoms with E-state index in [1.165, 1.54) is 6.20 Å². The molecule has 0 radical (unpaired) electrons. The van der Waals surface area contributed by atoms with Crippen LogP contribution in [0.4, 0.5) is 26.3 Å². The molecular weight excluding hydrogens is 531 g/mol. The van der Waals surface area contributed by atoms with Gasteiger partial charge in [0.05, 0.1) is 0 Å². The molecule has 4 nitrogen and oxygen atoms in total. The van der Waals surface area contributed by atoms with Gasteiger partial charge in [0.15, 0.2) is 0 Å². The fourth-order valence-electron chi connectivity index (χ4n) is 2.78. The average molecular weight is 549 g/mol. The molecular formula is C19H18F6INO3. The first kappa shape index (κ1) is 24.7. The molecule has 0 aliphatic carbocycles. The topological polar surface area (TPSA) is 40.6 Å². The van der Waals surface area contributed by atoms with Crippen LogP contribution in [0.1, 0.15) is 24.5 Å². The number of halogens is 7. The summed E-state index contributed by atoms with van der Waals surface area (Å²) in [5.41, 5.74) is -5.49. The molecule has 1 aromatic carbocycles. The molecule has 0 fully saturated rings. The van der Waals surface area contributed by atoms with Gasteiger partial charge in [-0.1, -0.05) is 19.4 Å². The van der Waals surface area contributed by atoms with Gasteiger partial charge in [0, 0.05) is 28.5 Å². The van der Waals surface area contributed by atoms with E-state index in [0.29, 0.717) is 12.5 Å². The highest BCUT2D eigenvalue weighted by atomic mass is 127. The monoisotopic (exact) mass is 549 g/mol. The van der Waals surface area contributed by atoms with Gasteiger partial charge in [0.2, 0.25) is 5.88 Å². The van der Waals surface area contributed by atoms with Crippen molar-refractivity contribution in [3.8, 4) is 11.6 Å². The predicted octanol–water partition coefficient (Wildman–Crippen LogP) is 6.37. The number of aryl methyl sites for hydroxylation is 1. The van der Waals surface area contributed by atoms with E-state index in [1.54, 1.807) is 19.1 Å². The molecule has 0 amide bonds. The molecule has 0 aliphatic rings. The summed E-state index contributed by atoms with van der Waals surface area (Å²) in [5.74, 6) is 0.272. The van der Waals surface area contributed by atoms with E-state index in [9.17, 15) is 26.3 Å². The van der Waals surface area contributed by atoms with Crippen LogP contribution in [0.2, 0.25) is 0 Å². The van der Waals surface area contributed by atoms with Crippen molar-refractivity contribution in [1.82, 2.24) is 4.98 Å². The maximum absolute atomic E-state index is 13.7. The van der Waals surface area contributed by atoms with Gasteiger partial charge in [-0.3, -0.25) is 0 Å². The van der Waals surface area contributed by atoms with Crippen LogP contribution < -0.4 is 4.74 Å². The van der Waals surface area contributed by atoms with Crippen molar-refractivity contribution < 1.29 is 40.6 Å². The molecule has 1 heterocycles. The SMILES string of the molecule is CCCc1cc(C(OCOC)(C(F)(F)F)C(F)(F)F)ccc1Oc1ccc(I)cn1. The van der Waals surface area contributed by atoms with Crippen molar-refractivity contribution in [3.63, 3.8) is 0 Å². The van der Waals surface area contributed by atoms with Crippen molar-refractivity contribution in [2.24, 2.45) is 0 Å². The molecule has 0 atom stereocenters. The van der Waals surface area contributed by atoms with Crippen LogP contribution in [-0.4, -0.2) is 31.2 Å². The third-order valence-electron chi connectivity index (χ3n) is 4.09. The highest BCUT2D eigenvalue weighted by molar-refractivity contribution is 14.1. The zero-order valence-electron chi connectivity index (χ0n) is 15.9. The normalized spacial score (nSPS) is 12.8. The molecule has 0 N–H and O–H groups in total. The summed E-state index contributed by atoms with van der Waals surface area (Å²) in [6, 6.07) is 5.80. The van der Waals surface area contributed by atoms with Crippen molar-refractivity contribution in [2.45, 2.75) is 37.7 Å². The Bertz CT molecular complexity index is 826. The molecule has 2 rings (SSSR count). The summed E-state index contributed by atoms with van der Waals surface area (Å²) in [7, 11) is 0.936. The summed E-state index contributed by atoms with van der Waals surface area (Å²) in [6.07, 6.45) is -9.41. The van der Waals surface area contributed by atoms with Gasteiger partial charge in [0.25, 0.3) is 5.60 Å². The van der Waals surface area contributed by atoms with E-state index in [1.807, 2.05) is 22.6 Å². The molecule has 11 heteroatoms. The summed E-state index contributed by atoms with van der Waals surface area (Å²) in [4.78, 5) is 4.03. The van der Waals surface area contributed by atoms with Crippen molar-refractivity contribution in [3.05, 3.63) is 51.2 Å². The highest BCUT2D eigenvalue weighted by Crippen LogP contribution is 2.53. The number of methoxy groups -OCH3 is 1. The number of hydrogen-bond donors (Lipinski definition) is 0. The zero-order chi connectivity index (χ0) is 22.6. The maximum Gasteiger partial charge on any atom is 0.430 e. The van der Waals surface area contributed by atoms with Gasteiger partial charge < -0.3 is 14.2 Å². The van der Waals surface area contributed by atoms with Crippen LogP contribution >= 0.6 is 22.6 Å². The van der Waals surface area contributed by atoms with Crippen LogP contribution in [0.15, 0.2) is 36.5 Å². The number of nitrogens with zero attached hydrogens (tertiary/aromatic N) is 1. The van der Waals surface area contributed by atoms with E-state index in [0.717, 1.165) is 22.8 Å². The van der Waals surface area contributed by atoms with E-state index in [2.05, 4.69) is 14.5 Å². The Balaban J connectivity index is 2.59. The van der Waals surface area contributed by atoms with Crippen LogP contribution in [0.25, 0.3) is 0 Å². The Kier molecular flexibility index (Phi) is 7.97. The van der Waals surface area contributed by atoms with Gasteiger partial charge in [-0.25, -0.2) is 4.98 Å². The largest absolute Gasteiger partial charge is 0.439 e. The highest BCUT2D eigenvalue weighted by Gasteiger charge is 2.73. The van der Waals surface area contributed by atoms with Gasteiger partial charge >= 0.3 is 12.4 Å². The molecule has 2 aromatic rings. The fourth-order valence-corrected chi connectivity index (χ4v) is 3.10. The van der Waals surface area contributed by atoms with Crippen molar-refractivity contribution in [2.75, 3.05) is 13.9 Å². The first-order valence-electron chi connectivity index (χ1n) is 8.65. The third-order valence-corrected chi connectivity index (χ3v) is 4.73. The van der Waals surface area contributed by atoms with Crippen LogP contribution in [-0.2, 0) is 21.5 Å². The van der Waals surface area contributed by atoms with E-state index >= 15 is 0 Å². The molecule has 0 saturated carbocycles. The van der Waals surface area contributed by atoms with Crippen molar-refractivity contribution in [1.29, 1.82) is 0 Å². The fraction of sp³-hybridized carbons (Fsp3) is 0.421. The zero-order valence-corrected chi connectivity index (χ0v) is 18.1. The van der Waals surface area contributed by atoms with E-state index < -0.39 is 30.3 Å². The molecule has 166 valence electrons. The second-order valence-corrected chi connectivity index (χ2v) is 7.46. The first-order chi connectivity index (χ1) is 14.0. The number of pyridine rings is 1. The Morgan fingerprint density at radius 1 is 1.00 bits per heavy atom. The van der Waals surface area contributed by atoms with Gasteiger partial charge in [-0.15, -0.1) is 0 Å². The summed E-state index contributed by atoms with van der Waals surface area (Å²) < 4.78 is 97.5. The molecule has 30 heavy (non-hydrogen) atoms. The van der Waals surface area contributed by atoms with Crippen LogP contribution in [0.3, 0.4) is 0 Å². The quantitative estimate of drug-likeness (QED) is 0.218. The lowest BCUT2D eigenvalue weighted by Crippen LogP contribution is -2.56. The van der Waals surface area contributed by atoms with Crippen LogP contribution in [0.5, 0.6) is 11.6 Å². The summed E-state index contributed by atoms with van der Waals surface area (Å²) in [6.45, 7) is 0.536. The Morgan fingerprint density at radius 3 is 2.17 bits per heavy atom. The number of aromatic nitrogens is 1. The Hall–Kier alpha value is -1.60. The number of benzene rings is 1. The maximum atomic E-state index is 13.7. The minimum Gasteiger partial charge on any atom is -0.439 e. The average Bonchev–Trinajstić information content (AvgIpc) is 2.64. The predicted molar refractivity (Wildman–Crippen MR) is 104 cm³/mol. The Morgan fingerprint density at radius 2 is 1.67 bits per heavy atom. The molecule has 0 saturated heterocycles. The summed E-state index contributed by atoms with van der Waals surface area (Å²) in [5, 5.41) is 0. The summed E-state index contributed by atoms with van der Waals surface area (Å²) >= 11 is 2.03. The molecule has 1 aromatic heterocycles.